The third kappa shape index (κ3) is 4.30. The number of nitrogens with zero attached hydrogens (tertiary/aromatic N) is 4. The number of carbonyl (C=O) groups is 1. The molecule has 1 aliphatic heterocycles. The molecule has 1 saturated heterocycles. The molecule has 1 fully saturated rings. The second kappa shape index (κ2) is 8.45. The average molecular weight is 358 g/mol. The number of aryl methyl sites for hydroxylation is 1. The quantitative estimate of drug-likeness (QED) is 0.797. The van der Waals surface area contributed by atoms with Gasteiger partial charge in [-0.2, -0.15) is 0 Å². The van der Waals surface area contributed by atoms with Gasteiger partial charge < -0.3 is 9.47 Å². The Hall–Kier alpha value is -2.21. The van der Waals surface area contributed by atoms with Gasteiger partial charge in [0.15, 0.2) is 0 Å². The van der Waals surface area contributed by atoms with E-state index in [1.165, 1.54) is 6.07 Å². The lowest BCUT2D eigenvalue weighted by Gasteiger charge is -2.37. The Morgan fingerprint density at radius 2 is 2.19 bits per heavy atom. The van der Waals surface area contributed by atoms with E-state index in [4.69, 9.17) is 0 Å². The van der Waals surface area contributed by atoms with Crippen molar-refractivity contribution >= 4 is 5.91 Å². The van der Waals surface area contributed by atoms with E-state index in [-0.39, 0.29) is 17.8 Å². The van der Waals surface area contributed by atoms with Crippen molar-refractivity contribution in [2.24, 2.45) is 0 Å². The summed E-state index contributed by atoms with van der Waals surface area (Å²) in [6.45, 7) is 4.67. The molecule has 0 bridgehead atoms. The van der Waals surface area contributed by atoms with Gasteiger partial charge in [-0.3, -0.25) is 9.69 Å². The minimum absolute atomic E-state index is 0.0930. The maximum absolute atomic E-state index is 13.9. The van der Waals surface area contributed by atoms with Gasteiger partial charge in [0.1, 0.15) is 18.2 Å². The molecule has 0 saturated carbocycles. The average Bonchev–Trinajstić information content (AvgIpc) is 3.10. The van der Waals surface area contributed by atoms with E-state index in [1.54, 1.807) is 12.3 Å². The number of carbonyl (C=O) groups excluding carboxylic acids is 1. The second-order valence-electron chi connectivity index (χ2n) is 6.95. The largest absolute Gasteiger partial charge is 0.340 e. The van der Waals surface area contributed by atoms with E-state index in [9.17, 15) is 9.18 Å². The van der Waals surface area contributed by atoms with Crippen LogP contribution in [0.15, 0.2) is 36.7 Å². The first-order valence-corrected chi connectivity index (χ1v) is 9.30. The molecule has 0 N–H and O–H groups in total. The number of piperidine rings is 1. The lowest BCUT2D eigenvalue weighted by Crippen LogP contribution is -2.49. The number of likely N-dealkylation sites (tertiary alicyclic amines) is 1. The normalized spacial score (nSPS) is 18.0. The second-order valence-corrected chi connectivity index (χ2v) is 6.95. The number of aromatic nitrogens is 2. The summed E-state index contributed by atoms with van der Waals surface area (Å²) in [4.78, 5) is 21.1. The van der Waals surface area contributed by atoms with E-state index in [0.717, 1.165) is 38.2 Å². The highest BCUT2D eigenvalue weighted by molar-refractivity contribution is 5.76. The topological polar surface area (TPSA) is 41.4 Å². The van der Waals surface area contributed by atoms with Crippen molar-refractivity contribution in [2.75, 3.05) is 20.1 Å². The van der Waals surface area contributed by atoms with Crippen LogP contribution >= 0.6 is 0 Å². The van der Waals surface area contributed by atoms with E-state index in [1.807, 2.05) is 41.8 Å². The molecule has 26 heavy (non-hydrogen) atoms. The van der Waals surface area contributed by atoms with Crippen molar-refractivity contribution in [3.8, 4) is 0 Å². The number of amides is 1. The van der Waals surface area contributed by atoms with Crippen LogP contribution in [-0.2, 0) is 24.3 Å². The first kappa shape index (κ1) is 18.6. The molecule has 1 aromatic carbocycles. The van der Waals surface area contributed by atoms with Gasteiger partial charge in [0.2, 0.25) is 5.91 Å². The summed E-state index contributed by atoms with van der Waals surface area (Å²) in [7, 11) is 1.88. The zero-order valence-corrected chi connectivity index (χ0v) is 15.6. The van der Waals surface area contributed by atoms with Crippen molar-refractivity contribution < 1.29 is 9.18 Å². The highest BCUT2D eigenvalue weighted by atomic mass is 19.1. The molecule has 0 aliphatic carbocycles. The van der Waals surface area contributed by atoms with E-state index in [2.05, 4.69) is 9.88 Å². The van der Waals surface area contributed by atoms with Crippen LogP contribution in [0.4, 0.5) is 4.39 Å². The summed E-state index contributed by atoms with van der Waals surface area (Å²) in [6, 6.07) is 7.08. The predicted octanol–water partition coefficient (Wildman–Crippen LogP) is 2.71. The molecule has 140 valence electrons. The van der Waals surface area contributed by atoms with Crippen LogP contribution in [-0.4, -0.2) is 51.4 Å². The Morgan fingerprint density at radius 1 is 1.38 bits per heavy atom. The van der Waals surface area contributed by atoms with Crippen LogP contribution in [0.1, 0.15) is 31.2 Å². The van der Waals surface area contributed by atoms with Crippen LogP contribution < -0.4 is 0 Å². The van der Waals surface area contributed by atoms with Gasteiger partial charge >= 0.3 is 0 Å². The molecule has 0 radical (unpaired) electrons. The minimum Gasteiger partial charge on any atom is -0.340 e. The molecule has 0 spiro atoms. The Kier molecular flexibility index (Phi) is 6.04. The Balaban J connectivity index is 1.59. The summed E-state index contributed by atoms with van der Waals surface area (Å²) >= 11 is 0. The number of likely N-dealkylation sites (N-methyl/N-ethyl adjacent to an activating group) is 1. The number of imidazole rings is 1. The van der Waals surface area contributed by atoms with Crippen LogP contribution in [0.2, 0.25) is 0 Å². The van der Waals surface area contributed by atoms with E-state index >= 15 is 0 Å². The lowest BCUT2D eigenvalue weighted by atomic mass is 10.0. The van der Waals surface area contributed by atoms with Crippen molar-refractivity contribution in [1.29, 1.82) is 0 Å². The Morgan fingerprint density at radius 3 is 2.96 bits per heavy atom. The molecular weight excluding hydrogens is 331 g/mol. The van der Waals surface area contributed by atoms with Gasteiger partial charge in [-0.1, -0.05) is 25.1 Å². The number of halogens is 1. The van der Waals surface area contributed by atoms with Gasteiger partial charge in [-0.25, -0.2) is 9.37 Å². The summed E-state index contributed by atoms with van der Waals surface area (Å²) in [5.41, 5.74) is 0.716. The molecule has 1 atom stereocenters. The lowest BCUT2D eigenvalue weighted by molar-refractivity contribution is -0.133. The molecule has 1 amide bonds. The third-order valence-corrected chi connectivity index (χ3v) is 5.20. The van der Waals surface area contributed by atoms with E-state index < -0.39 is 0 Å². The fourth-order valence-corrected chi connectivity index (χ4v) is 3.62. The zero-order valence-electron chi connectivity index (χ0n) is 15.6. The smallest absolute Gasteiger partial charge is 0.242 e. The molecule has 2 heterocycles. The summed E-state index contributed by atoms with van der Waals surface area (Å²) in [6.07, 6.45) is 6.41. The number of rotatable bonds is 6. The SMILES string of the molecule is CCc1nccn1CC(=O)N(C)[C@H]1CCCN(Cc2ccccc2F)C1. The van der Waals surface area contributed by atoms with Gasteiger partial charge in [-0.15, -0.1) is 0 Å². The highest BCUT2D eigenvalue weighted by Crippen LogP contribution is 2.19. The van der Waals surface area contributed by atoms with Crippen molar-refractivity contribution in [3.63, 3.8) is 0 Å². The summed E-state index contributed by atoms with van der Waals surface area (Å²) in [5.74, 6) is 0.860. The highest BCUT2D eigenvalue weighted by Gasteiger charge is 2.26. The molecule has 3 rings (SSSR count). The van der Waals surface area contributed by atoms with Gasteiger partial charge in [0.25, 0.3) is 0 Å². The first-order valence-electron chi connectivity index (χ1n) is 9.30. The third-order valence-electron chi connectivity index (χ3n) is 5.20. The number of benzene rings is 1. The monoisotopic (exact) mass is 358 g/mol. The van der Waals surface area contributed by atoms with Crippen LogP contribution in [0, 0.1) is 5.82 Å². The Labute approximate surface area is 154 Å². The van der Waals surface area contributed by atoms with Gasteiger partial charge in [0.05, 0.1) is 0 Å². The van der Waals surface area contributed by atoms with Gasteiger partial charge in [0, 0.05) is 50.6 Å². The van der Waals surface area contributed by atoms with Crippen molar-refractivity contribution in [1.82, 2.24) is 19.4 Å². The van der Waals surface area contributed by atoms with E-state index in [0.29, 0.717) is 18.7 Å². The first-order chi connectivity index (χ1) is 12.6. The maximum Gasteiger partial charge on any atom is 0.242 e. The van der Waals surface area contributed by atoms with Crippen LogP contribution in [0.25, 0.3) is 0 Å². The molecule has 5 nitrogen and oxygen atoms in total. The fourth-order valence-electron chi connectivity index (χ4n) is 3.62. The zero-order chi connectivity index (χ0) is 18.5. The summed E-state index contributed by atoms with van der Waals surface area (Å²) < 4.78 is 15.8. The van der Waals surface area contributed by atoms with Crippen LogP contribution in [0.3, 0.4) is 0 Å². The van der Waals surface area contributed by atoms with Crippen LogP contribution in [0.5, 0.6) is 0 Å². The fraction of sp³-hybridized carbons (Fsp3) is 0.500. The van der Waals surface area contributed by atoms with Crippen molar-refractivity contribution in [3.05, 3.63) is 53.9 Å². The molecule has 1 aromatic heterocycles. The Bertz CT molecular complexity index is 745. The number of hydrogen-bond donors (Lipinski definition) is 0. The molecule has 6 heteroatoms. The standard InChI is InChI=1S/C20H27FN4O/c1-3-19-22-10-12-25(19)15-20(26)23(2)17-8-6-11-24(14-17)13-16-7-4-5-9-18(16)21/h4-5,7,9-10,12,17H,3,6,8,11,13-15H2,1-2H3/t17-/m0/s1. The molecular formula is C20H27FN4O. The predicted molar refractivity (Wildman–Crippen MR) is 99.1 cm³/mol. The van der Waals surface area contributed by atoms with Crippen molar-refractivity contribution in [2.45, 2.75) is 45.3 Å². The maximum atomic E-state index is 13.9. The molecule has 0 unspecified atom stereocenters. The number of hydrogen-bond acceptors (Lipinski definition) is 3. The molecule has 1 aliphatic rings. The molecule has 2 aromatic rings. The van der Waals surface area contributed by atoms with Gasteiger partial charge in [-0.05, 0) is 25.5 Å². The summed E-state index contributed by atoms with van der Waals surface area (Å²) in [5, 5.41) is 0. The minimum atomic E-state index is -0.161.